The number of fused-ring (bicyclic) bond motifs is 3. The molecule has 3 N–H and O–H groups in total. The summed E-state index contributed by atoms with van der Waals surface area (Å²) in [6.45, 7) is 1.60. The number of carboxylic acids is 1. The van der Waals surface area contributed by atoms with Gasteiger partial charge in [-0.1, -0.05) is 55.5 Å². The monoisotopic (exact) mass is 464 g/mol. The standard InChI is InChI=1S/C23H23F3N2O5/c1-13(10-19(29)28-20(21(30)31)23(24,25)26)11-27-22(32)33-12-18-16-8-4-2-6-14(16)15-7-3-5-9-17(15)18/h2-9,13,18,20H,10-12H2,1H3,(H,27,32)(H,28,29)(H,30,31). The molecular weight excluding hydrogens is 441 g/mol. The van der Waals surface area contributed by atoms with E-state index in [1.165, 1.54) is 12.2 Å². The molecule has 2 atom stereocenters. The van der Waals surface area contributed by atoms with Crippen molar-refractivity contribution in [2.75, 3.05) is 13.2 Å². The summed E-state index contributed by atoms with van der Waals surface area (Å²) in [5.74, 6) is -3.95. The van der Waals surface area contributed by atoms with Crippen LogP contribution in [0, 0.1) is 5.92 Å². The number of aliphatic carboxylic acids is 1. The Morgan fingerprint density at radius 2 is 1.58 bits per heavy atom. The minimum atomic E-state index is -5.11. The van der Waals surface area contributed by atoms with Crippen LogP contribution in [0.1, 0.15) is 30.4 Å². The van der Waals surface area contributed by atoms with E-state index in [2.05, 4.69) is 5.32 Å². The molecule has 0 fully saturated rings. The van der Waals surface area contributed by atoms with Crippen molar-refractivity contribution in [1.82, 2.24) is 10.6 Å². The van der Waals surface area contributed by atoms with E-state index in [1.54, 1.807) is 0 Å². The lowest BCUT2D eigenvalue weighted by molar-refractivity contribution is -0.182. The molecule has 0 bridgehead atoms. The molecule has 7 nitrogen and oxygen atoms in total. The van der Waals surface area contributed by atoms with Crippen LogP contribution in [0.4, 0.5) is 18.0 Å². The molecule has 33 heavy (non-hydrogen) atoms. The van der Waals surface area contributed by atoms with E-state index in [9.17, 15) is 27.6 Å². The van der Waals surface area contributed by atoms with E-state index >= 15 is 0 Å². The van der Waals surface area contributed by atoms with Gasteiger partial charge in [-0.05, 0) is 28.2 Å². The lowest BCUT2D eigenvalue weighted by Gasteiger charge is -2.19. The molecule has 2 unspecified atom stereocenters. The number of halogens is 3. The normalized spacial score (nSPS) is 14.5. The summed E-state index contributed by atoms with van der Waals surface area (Å²) < 4.78 is 43.3. The fourth-order valence-corrected chi connectivity index (χ4v) is 3.80. The number of hydrogen-bond donors (Lipinski definition) is 3. The number of carbonyl (C=O) groups excluding carboxylic acids is 2. The van der Waals surface area contributed by atoms with E-state index in [1.807, 2.05) is 48.5 Å². The van der Waals surface area contributed by atoms with E-state index in [4.69, 9.17) is 9.84 Å². The first-order valence-electron chi connectivity index (χ1n) is 10.3. The molecule has 176 valence electrons. The number of amides is 2. The van der Waals surface area contributed by atoms with Crippen LogP contribution in [0.5, 0.6) is 0 Å². The van der Waals surface area contributed by atoms with Crippen molar-refractivity contribution >= 4 is 18.0 Å². The summed E-state index contributed by atoms with van der Waals surface area (Å²) in [5.41, 5.74) is 4.27. The Morgan fingerprint density at radius 1 is 1.03 bits per heavy atom. The number of ether oxygens (including phenoxy) is 1. The highest BCUT2D eigenvalue weighted by Gasteiger charge is 2.46. The topological polar surface area (TPSA) is 105 Å². The Balaban J connectivity index is 1.48. The van der Waals surface area contributed by atoms with Crippen molar-refractivity contribution in [3.05, 3.63) is 59.7 Å². The molecule has 10 heteroatoms. The third kappa shape index (κ3) is 5.82. The van der Waals surface area contributed by atoms with Crippen LogP contribution in [0.2, 0.25) is 0 Å². The summed E-state index contributed by atoms with van der Waals surface area (Å²) in [6, 6.07) is 12.7. The van der Waals surface area contributed by atoms with E-state index in [0.29, 0.717) is 0 Å². The number of alkyl carbamates (subject to hydrolysis) is 1. The summed E-state index contributed by atoms with van der Waals surface area (Å²) in [4.78, 5) is 34.6. The summed E-state index contributed by atoms with van der Waals surface area (Å²) in [6.07, 6.45) is -6.23. The first-order chi connectivity index (χ1) is 15.6. The molecule has 1 aliphatic carbocycles. The second-order valence-electron chi connectivity index (χ2n) is 7.90. The maximum atomic E-state index is 12.7. The predicted octanol–water partition coefficient (Wildman–Crippen LogP) is 3.68. The first-order valence-corrected chi connectivity index (χ1v) is 10.3. The van der Waals surface area contributed by atoms with Crippen molar-refractivity contribution < 1.29 is 37.4 Å². The van der Waals surface area contributed by atoms with Crippen molar-refractivity contribution in [3.63, 3.8) is 0 Å². The van der Waals surface area contributed by atoms with Crippen LogP contribution in [-0.2, 0) is 14.3 Å². The summed E-state index contributed by atoms with van der Waals surface area (Å²) >= 11 is 0. The third-order valence-corrected chi connectivity index (χ3v) is 5.35. The summed E-state index contributed by atoms with van der Waals surface area (Å²) in [7, 11) is 0. The van der Waals surface area contributed by atoms with Crippen LogP contribution >= 0.6 is 0 Å². The Kier molecular flexibility index (Phi) is 7.25. The van der Waals surface area contributed by atoms with Crippen LogP contribution in [0.25, 0.3) is 11.1 Å². The van der Waals surface area contributed by atoms with Crippen molar-refractivity contribution in [3.8, 4) is 11.1 Å². The molecule has 2 aromatic rings. The fourth-order valence-electron chi connectivity index (χ4n) is 3.80. The zero-order chi connectivity index (χ0) is 24.2. The Bertz CT molecular complexity index is 995. The zero-order valence-electron chi connectivity index (χ0n) is 17.7. The molecule has 0 spiro atoms. The number of alkyl halides is 3. The number of nitrogens with one attached hydrogen (secondary N) is 2. The van der Waals surface area contributed by atoms with Gasteiger partial charge in [-0.2, -0.15) is 13.2 Å². The second-order valence-corrected chi connectivity index (χ2v) is 7.90. The number of hydrogen-bond acceptors (Lipinski definition) is 4. The molecule has 0 saturated carbocycles. The maximum Gasteiger partial charge on any atom is 0.419 e. The predicted molar refractivity (Wildman–Crippen MR) is 112 cm³/mol. The lowest BCUT2D eigenvalue weighted by Crippen LogP contribution is -2.51. The minimum Gasteiger partial charge on any atom is -0.479 e. The van der Waals surface area contributed by atoms with Gasteiger partial charge in [-0.25, -0.2) is 9.59 Å². The number of carboxylic acid groups (broad SMARTS) is 1. The molecular formula is C23H23F3N2O5. The minimum absolute atomic E-state index is 0.0339. The van der Waals surface area contributed by atoms with E-state index in [0.717, 1.165) is 22.3 Å². The van der Waals surface area contributed by atoms with Crippen molar-refractivity contribution in [2.45, 2.75) is 31.5 Å². The number of carbonyl (C=O) groups is 3. The largest absolute Gasteiger partial charge is 0.479 e. The van der Waals surface area contributed by atoms with Gasteiger partial charge < -0.3 is 20.5 Å². The SMILES string of the molecule is CC(CNC(=O)OCC1c2ccccc2-c2ccccc21)CC(=O)NC(C(=O)O)C(F)(F)F. The molecule has 3 rings (SSSR count). The van der Waals surface area contributed by atoms with Crippen molar-refractivity contribution in [2.24, 2.45) is 5.92 Å². The molecule has 2 aromatic carbocycles. The average Bonchev–Trinajstić information content (AvgIpc) is 3.07. The molecule has 2 amide bonds. The van der Waals surface area contributed by atoms with Gasteiger partial charge in [0, 0.05) is 18.9 Å². The summed E-state index contributed by atoms with van der Waals surface area (Å²) in [5, 5.41) is 12.6. The van der Waals surface area contributed by atoms with Gasteiger partial charge in [0.1, 0.15) is 6.61 Å². The maximum absolute atomic E-state index is 12.7. The fraction of sp³-hybridized carbons (Fsp3) is 0.348. The average molecular weight is 464 g/mol. The van der Waals surface area contributed by atoms with Gasteiger partial charge in [-0.3, -0.25) is 4.79 Å². The van der Waals surface area contributed by atoms with Gasteiger partial charge in [0.05, 0.1) is 0 Å². The molecule has 1 aliphatic rings. The van der Waals surface area contributed by atoms with Gasteiger partial charge in [0.2, 0.25) is 11.9 Å². The smallest absolute Gasteiger partial charge is 0.419 e. The molecule has 0 radical (unpaired) electrons. The highest BCUT2D eigenvalue weighted by Crippen LogP contribution is 2.44. The third-order valence-electron chi connectivity index (χ3n) is 5.35. The molecule has 0 aliphatic heterocycles. The Labute approximate surface area is 187 Å². The first kappa shape index (κ1) is 24.1. The van der Waals surface area contributed by atoms with Crippen LogP contribution in [0.15, 0.2) is 48.5 Å². The van der Waals surface area contributed by atoms with E-state index in [-0.39, 0.29) is 19.1 Å². The van der Waals surface area contributed by atoms with Crippen LogP contribution in [-0.4, -0.2) is 48.4 Å². The number of rotatable bonds is 8. The Hall–Kier alpha value is -3.56. The van der Waals surface area contributed by atoms with Crippen LogP contribution in [0.3, 0.4) is 0 Å². The highest BCUT2D eigenvalue weighted by atomic mass is 19.4. The highest BCUT2D eigenvalue weighted by molar-refractivity contribution is 5.84. The lowest BCUT2D eigenvalue weighted by atomic mass is 9.98. The Morgan fingerprint density at radius 3 is 2.09 bits per heavy atom. The quantitative estimate of drug-likeness (QED) is 0.553. The number of benzene rings is 2. The van der Waals surface area contributed by atoms with Crippen LogP contribution < -0.4 is 10.6 Å². The van der Waals surface area contributed by atoms with Gasteiger partial charge in [-0.15, -0.1) is 0 Å². The van der Waals surface area contributed by atoms with Gasteiger partial charge in [0.15, 0.2) is 0 Å². The van der Waals surface area contributed by atoms with Crippen molar-refractivity contribution in [1.29, 1.82) is 0 Å². The second kappa shape index (κ2) is 9.93. The zero-order valence-corrected chi connectivity index (χ0v) is 17.7. The molecule has 0 aromatic heterocycles. The molecule has 0 saturated heterocycles. The van der Waals surface area contributed by atoms with Gasteiger partial charge >= 0.3 is 18.2 Å². The van der Waals surface area contributed by atoms with E-state index < -0.39 is 42.5 Å². The molecule has 0 heterocycles. The van der Waals surface area contributed by atoms with Gasteiger partial charge in [0.25, 0.3) is 0 Å².